The van der Waals surface area contributed by atoms with Crippen molar-refractivity contribution in [2.75, 3.05) is 0 Å². The van der Waals surface area contributed by atoms with Crippen LogP contribution in [0.2, 0.25) is 0 Å². The molecule has 1 N–H and O–H groups in total. The first-order valence-corrected chi connectivity index (χ1v) is 6.95. The van der Waals surface area contributed by atoms with E-state index in [1.165, 1.54) is 13.8 Å². The van der Waals surface area contributed by atoms with Crippen molar-refractivity contribution in [1.82, 2.24) is 0 Å². The van der Waals surface area contributed by atoms with Crippen LogP contribution in [-0.2, 0) is 23.8 Å². The molecule has 0 bridgehead atoms. The first-order valence-electron chi connectivity index (χ1n) is 6.95. The van der Waals surface area contributed by atoms with Crippen molar-refractivity contribution in [2.45, 2.75) is 71.6 Å². The highest BCUT2D eigenvalue weighted by Gasteiger charge is 2.49. The zero-order valence-electron chi connectivity index (χ0n) is 12.7. The summed E-state index contributed by atoms with van der Waals surface area (Å²) in [4.78, 5) is 22.5. The van der Waals surface area contributed by atoms with Crippen molar-refractivity contribution in [3.8, 4) is 0 Å². The zero-order valence-corrected chi connectivity index (χ0v) is 12.7. The van der Waals surface area contributed by atoms with Gasteiger partial charge in [-0.05, 0) is 12.3 Å². The van der Waals surface area contributed by atoms with Gasteiger partial charge in [-0.25, -0.2) is 0 Å². The highest BCUT2D eigenvalue weighted by molar-refractivity contribution is 5.67. The highest BCUT2D eigenvalue weighted by Crippen LogP contribution is 2.31. The molecule has 6 heteroatoms. The Kier molecular flexibility index (Phi) is 5.95. The topological polar surface area (TPSA) is 82.1 Å². The van der Waals surface area contributed by atoms with Gasteiger partial charge in [0.15, 0.2) is 12.2 Å². The zero-order chi connectivity index (χ0) is 15.4. The quantitative estimate of drug-likeness (QED) is 0.778. The summed E-state index contributed by atoms with van der Waals surface area (Å²) in [6, 6.07) is 0. The van der Waals surface area contributed by atoms with Crippen molar-refractivity contribution in [1.29, 1.82) is 0 Å². The first kappa shape index (κ1) is 16.9. The molecule has 0 saturated carbocycles. The van der Waals surface area contributed by atoms with E-state index in [1.807, 2.05) is 20.8 Å². The number of carbonyl (C=O) groups excluding carboxylic acids is 2. The Morgan fingerprint density at radius 2 is 1.65 bits per heavy atom. The fraction of sp³-hybridized carbons (Fsp3) is 0.857. The Bertz CT molecular complexity index is 354. The molecule has 1 aliphatic rings. The monoisotopic (exact) mass is 288 g/mol. The van der Waals surface area contributed by atoms with Gasteiger partial charge in [0, 0.05) is 13.8 Å². The molecule has 5 atom stereocenters. The van der Waals surface area contributed by atoms with Crippen LogP contribution in [0, 0.1) is 5.92 Å². The van der Waals surface area contributed by atoms with E-state index >= 15 is 0 Å². The van der Waals surface area contributed by atoms with Crippen LogP contribution in [0.25, 0.3) is 0 Å². The maximum absolute atomic E-state index is 11.2. The van der Waals surface area contributed by atoms with Crippen LogP contribution in [0.5, 0.6) is 0 Å². The summed E-state index contributed by atoms with van der Waals surface area (Å²) in [6.07, 6.45) is -2.99. The van der Waals surface area contributed by atoms with E-state index < -0.39 is 42.5 Å². The van der Waals surface area contributed by atoms with Gasteiger partial charge in [-0.3, -0.25) is 9.59 Å². The SMILES string of the molecule is CCC1OC(C(C)C)C(O)C(OC(C)=O)C1OC(C)=O. The minimum atomic E-state index is -1.02. The van der Waals surface area contributed by atoms with Crippen LogP contribution in [0.3, 0.4) is 0 Å². The largest absolute Gasteiger partial charge is 0.456 e. The van der Waals surface area contributed by atoms with Gasteiger partial charge in [-0.1, -0.05) is 20.8 Å². The average molecular weight is 288 g/mol. The third kappa shape index (κ3) is 3.93. The summed E-state index contributed by atoms with van der Waals surface area (Å²) in [5, 5.41) is 10.4. The summed E-state index contributed by atoms with van der Waals surface area (Å²) in [6.45, 7) is 8.26. The molecule has 20 heavy (non-hydrogen) atoms. The minimum absolute atomic E-state index is 0.0513. The number of aliphatic hydroxyl groups excluding tert-OH is 1. The van der Waals surface area contributed by atoms with Crippen LogP contribution < -0.4 is 0 Å². The van der Waals surface area contributed by atoms with Crippen molar-refractivity contribution in [3.05, 3.63) is 0 Å². The lowest BCUT2D eigenvalue weighted by atomic mass is 9.88. The molecule has 5 unspecified atom stereocenters. The van der Waals surface area contributed by atoms with E-state index in [2.05, 4.69) is 0 Å². The Hall–Kier alpha value is -1.14. The van der Waals surface area contributed by atoms with Crippen LogP contribution >= 0.6 is 0 Å². The molecule has 0 aromatic heterocycles. The summed E-state index contributed by atoms with van der Waals surface area (Å²) < 4.78 is 16.2. The van der Waals surface area contributed by atoms with E-state index in [4.69, 9.17) is 14.2 Å². The average Bonchev–Trinajstić information content (AvgIpc) is 2.32. The molecule has 0 spiro atoms. The van der Waals surface area contributed by atoms with Crippen LogP contribution in [0.4, 0.5) is 0 Å². The van der Waals surface area contributed by atoms with Gasteiger partial charge in [-0.15, -0.1) is 0 Å². The maximum atomic E-state index is 11.2. The van der Waals surface area contributed by atoms with Gasteiger partial charge < -0.3 is 19.3 Å². The third-order valence-corrected chi connectivity index (χ3v) is 3.36. The molecule has 1 rings (SSSR count). The molecule has 6 nitrogen and oxygen atoms in total. The second-order valence-corrected chi connectivity index (χ2v) is 5.43. The summed E-state index contributed by atoms with van der Waals surface area (Å²) in [7, 11) is 0. The van der Waals surface area contributed by atoms with Crippen LogP contribution in [0.15, 0.2) is 0 Å². The van der Waals surface area contributed by atoms with Gasteiger partial charge in [0.1, 0.15) is 6.10 Å². The minimum Gasteiger partial charge on any atom is -0.456 e. The number of aliphatic hydroxyl groups is 1. The predicted octanol–water partition coefficient (Wildman–Crippen LogP) is 1.04. The molecule has 1 heterocycles. The van der Waals surface area contributed by atoms with Crippen molar-refractivity contribution in [3.63, 3.8) is 0 Å². The second-order valence-electron chi connectivity index (χ2n) is 5.43. The standard InChI is InChI=1S/C14H24O6/c1-6-10-13(18-8(4)15)14(19-9(5)16)11(17)12(20-10)7(2)3/h7,10-14,17H,6H2,1-5H3. The molecule has 1 fully saturated rings. The molecule has 116 valence electrons. The summed E-state index contributed by atoms with van der Waals surface area (Å²) in [5.41, 5.74) is 0. The number of rotatable bonds is 4. The Labute approximate surface area is 119 Å². The number of ether oxygens (including phenoxy) is 3. The van der Waals surface area contributed by atoms with Gasteiger partial charge in [0.05, 0.1) is 12.2 Å². The Morgan fingerprint density at radius 3 is 2.05 bits per heavy atom. The lowest BCUT2D eigenvalue weighted by Crippen LogP contribution is -2.61. The van der Waals surface area contributed by atoms with Crippen molar-refractivity contribution in [2.24, 2.45) is 5.92 Å². The molecule has 0 aromatic carbocycles. The molecular weight excluding hydrogens is 264 g/mol. The smallest absolute Gasteiger partial charge is 0.303 e. The number of esters is 2. The van der Waals surface area contributed by atoms with Crippen molar-refractivity contribution >= 4 is 11.9 Å². The molecule has 1 aliphatic heterocycles. The van der Waals surface area contributed by atoms with E-state index in [0.717, 1.165) is 0 Å². The molecule has 0 radical (unpaired) electrons. The number of hydrogen-bond donors (Lipinski definition) is 1. The molecular formula is C14H24O6. The highest BCUT2D eigenvalue weighted by atomic mass is 16.6. The molecule has 0 amide bonds. The van der Waals surface area contributed by atoms with E-state index in [9.17, 15) is 14.7 Å². The number of carbonyl (C=O) groups is 2. The Morgan fingerprint density at radius 1 is 1.15 bits per heavy atom. The molecule has 0 aliphatic carbocycles. The van der Waals surface area contributed by atoms with E-state index in [1.54, 1.807) is 0 Å². The normalized spacial score (nSPS) is 33.9. The fourth-order valence-electron chi connectivity index (χ4n) is 2.50. The van der Waals surface area contributed by atoms with Gasteiger partial charge >= 0.3 is 11.9 Å². The van der Waals surface area contributed by atoms with E-state index in [-0.39, 0.29) is 5.92 Å². The van der Waals surface area contributed by atoms with E-state index in [0.29, 0.717) is 6.42 Å². The van der Waals surface area contributed by atoms with Gasteiger partial charge in [0.25, 0.3) is 0 Å². The summed E-state index contributed by atoms with van der Waals surface area (Å²) in [5.74, 6) is -0.967. The molecule has 1 saturated heterocycles. The van der Waals surface area contributed by atoms with Gasteiger partial charge in [0.2, 0.25) is 0 Å². The fourth-order valence-corrected chi connectivity index (χ4v) is 2.50. The second kappa shape index (κ2) is 7.04. The lowest BCUT2D eigenvalue weighted by molar-refractivity contribution is -0.247. The third-order valence-electron chi connectivity index (χ3n) is 3.36. The Balaban J connectivity index is 3.03. The number of hydrogen-bond acceptors (Lipinski definition) is 6. The van der Waals surface area contributed by atoms with Gasteiger partial charge in [-0.2, -0.15) is 0 Å². The van der Waals surface area contributed by atoms with Crippen LogP contribution in [0.1, 0.15) is 41.0 Å². The lowest BCUT2D eigenvalue weighted by Gasteiger charge is -2.44. The predicted molar refractivity (Wildman–Crippen MR) is 70.9 cm³/mol. The summed E-state index contributed by atoms with van der Waals surface area (Å²) >= 11 is 0. The van der Waals surface area contributed by atoms with Crippen LogP contribution in [-0.4, -0.2) is 47.6 Å². The van der Waals surface area contributed by atoms with Crippen molar-refractivity contribution < 1.29 is 28.9 Å². The first-order chi connectivity index (χ1) is 9.27. The molecule has 0 aromatic rings. The maximum Gasteiger partial charge on any atom is 0.303 e.